The first kappa shape index (κ1) is 20.8. The van der Waals surface area contributed by atoms with E-state index in [1.165, 1.54) is 11.8 Å². The predicted octanol–water partition coefficient (Wildman–Crippen LogP) is 2.95. The van der Waals surface area contributed by atoms with E-state index < -0.39 is 6.17 Å². The Balaban J connectivity index is 1.37. The number of aryl methyl sites for hydroxylation is 1. The van der Waals surface area contributed by atoms with E-state index in [9.17, 15) is 9.59 Å². The molecule has 0 aromatic heterocycles. The molecule has 0 spiro atoms. The summed E-state index contributed by atoms with van der Waals surface area (Å²) in [5.41, 5.74) is 5.50. The number of hydrogen-bond acceptors (Lipinski definition) is 7. The van der Waals surface area contributed by atoms with Crippen molar-refractivity contribution in [3.8, 4) is 5.75 Å². The highest BCUT2D eigenvalue weighted by molar-refractivity contribution is 8.14. The van der Waals surface area contributed by atoms with E-state index in [1.807, 2.05) is 42.5 Å². The van der Waals surface area contributed by atoms with Crippen molar-refractivity contribution in [1.82, 2.24) is 10.3 Å². The van der Waals surface area contributed by atoms with Crippen molar-refractivity contribution >= 4 is 40.1 Å². The Morgan fingerprint density at radius 3 is 2.87 bits per heavy atom. The molecule has 2 aromatic carbocycles. The van der Waals surface area contributed by atoms with Crippen molar-refractivity contribution in [2.45, 2.75) is 19.5 Å². The summed E-state index contributed by atoms with van der Waals surface area (Å²) in [7, 11) is 1.58. The van der Waals surface area contributed by atoms with Gasteiger partial charge in [0.05, 0.1) is 18.6 Å². The Morgan fingerprint density at radius 1 is 1.23 bits per heavy atom. The molecule has 0 saturated heterocycles. The maximum Gasteiger partial charge on any atom is 0.276 e. The maximum atomic E-state index is 13.0. The Labute approximate surface area is 184 Å². The van der Waals surface area contributed by atoms with Crippen LogP contribution in [0.1, 0.15) is 12.5 Å². The number of benzene rings is 2. The van der Waals surface area contributed by atoms with Gasteiger partial charge in [-0.2, -0.15) is 5.10 Å². The molecule has 2 amide bonds. The number of thioether (sulfide) groups is 1. The lowest BCUT2D eigenvalue weighted by Gasteiger charge is -2.32. The van der Waals surface area contributed by atoms with Crippen molar-refractivity contribution < 1.29 is 14.3 Å². The lowest BCUT2D eigenvalue weighted by Crippen LogP contribution is -2.52. The molecule has 2 aliphatic rings. The molecule has 0 aliphatic carbocycles. The highest BCUT2D eigenvalue weighted by Crippen LogP contribution is 2.28. The van der Waals surface area contributed by atoms with E-state index in [2.05, 4.69) is 22.8 Å². The van der Waals surface area contributed by atoms with Crippen LogP contribution >= 0.6 is 11.8 Å². The SMILES string of the molecule is CCc1cccc(NC(=O)CSC2=NNC3C(=O)N(c4cccc(OC)c4)C=CN23)c1. The Morgan fingerprint density at radius 2 is 2.06 bits per heavy atom. The number of nitrogens with zero attached hydrogens (tertiary/aromatic N) is 3. The van der Waals surface area contributed by atoms with E-state index in [0.29, 0.717) is 16.6 Å². The summed E-state index contributed by atoms with van der Waals surface area (Å²) in [4.78, 5) is 28.6. The van der Waals surface area contributed by atoms with Gasteiger partial charge < -0.3 is 10.1 Å². The first-order chi connectivity index (χ1) is 15.1. The predicted molar refractivity (Wildman–Crippen MR) is 123 cm³/mol. The average Bonchev–Trinajstić information content (AvgIpc) is 3.22. The number of carbonyl (C=O) groups excluding carboxylic acids is 2. The second-order valence-corrected chi connectivity index (χ2v) is 7.87. The number of amidine groups is 1. The van der Waals surface area contributed by atoms with E-state index in [1.54, 1.807) is 35.4 Å². The van der Waals surface area contributed by atoms with E-state index >= 15 is 0 Å². The van der Waals surface area contributed by atoms with Gasteiger partial charge in [0.1, 0.15) is 5.75 Å². The summed E-state index contributed by atoms with van der Waals surface area (Å²) in [5.74, 6) is 0.552. The van der Waals surface area contributed by atoms with Crippen LogP contribution in [0, 0.1) is 0 Å². The molecule has 1 unspecified atom stereocenters. The minimum absolute atomic E-state index is 0.130. The lowest BCUT2D eigenvalue weighted by atomic mass is 10.1. The van der Waals surface area contributed by atoms with Gasteiger partial charge in [0, 0.05) is 24.2 Å². The molecule has 0 radical (unpaired) electrons. The Kier molecular flexibility index (Phi) is 6.13. The molecule has 2 aromatic rings. The monoisotopic (exact) mass is 437 g/mol. The third-order valence-corrected chi connectivity index (χ3v) is 5.88. The van der Waals surface area contributed by atoms with Gasteiger partial charge in [-0.05, 0) is 36.2 Å². The number of nitrogens with one attached hydrogen (secondary N) is 2. The lowest BCUT2D eigenvalue weighted by molar-refractivity contribution is -0.122. The number of fused-ring (bicyclic) bond motifs is 1. The van der Waals surface area contributed by atoms with Crippen molar-refractivity contribution in [2.75, 3.05) is 23.1 Å². The fraction of sp³-hybridized carbons (Fsp3) is 0.227. The average molecular weight is 438 g/mol. The van der Waals surface area contributed by atoms with Crippen LogP contribution < -0.4 is 20.4 Å². The van der Waals surface area contributed by atoms with Gasteiger partial charge in [0.15, 0.2) is 5.17 Å². The van der Waals surface area contributed by atoms with Gasteiger partial charge in [-0.15, -0.1) is 0 Å². The molecule has 0 fully saturated rings. The van der Waals surface area contributed by atoms with E-state index in [4.69, 9.17) is 4.74 Å². The fourth-order valence-electron chi connectivity index (χ4n) is 3.29. The van der Waals surface area contributed by atoms with E-state index in [0.717, 1.165) is 17.7 Å². The number of anilines is 2. The van der Waals surface area contributed by atoms with Crippen LogP contribution in [0.15, 0.2) is 66.0 Å². The first-order valence-corrected chi connectivity index (χ1v) is 10.9. The van der Waals surface area contributed by atoms with Gasteiger partial charge in [0.2, 0.25) is 12.1 Å². The number of hydrogen-bond donors (Lipinski definition) is 2. The van der Waals surface area contributed by atoms with Crippen LogP contribution in [-0.2, 0) is 16.0 Å². The standard InChI is InChI=1S/C22H23N5O3S/c1-3-15-6-4-7-16(12-15)23-19(28)14-31-22-25-24-20-21(29)26(10-11-27(20)22)17-8-5-9-18(13-17)30-2/h4-13,20,24H,3,14H2,1-2H3,(H,23,28). The molecule has 0 saturated carbocycles. The Bertz CT molecular complexity index is 1050. The van der Waals surface area contributed by atoms with Crippen molar-refractivity contribution in [3.05, 3.63) is 66.5 Å². The largest absolute Gasteiger partial charge is 0.497 e. The van der Waals surface area contributed by atoms with Gasteiger partial charge in [-0.3, -0.25) is 24.8 Å². The molecular weight excluding hydrogens is 414 g/mol. The zero-order valence-corrected chi connectivity index (χ0v) is 18.1. The van der Waals surface area contributed by atoms with Gasteiger partial charge in [-0.1, -0.05) is 36.9 Å². The van der Waals surface area contributed by atoms with Crippen LogP contribution in [0.2, 0.25) is 0 Å². The number of carbonyl (C=O) groups is 2. The van der Waals surface area contributed by atoms with Crippen LogP contribution in [0.25, 0.3) is 0 Å². The van der Waals surface area contributed by atoms with Crippen LogP contribution in [-0.4, -0.2) is 40.9 Å². The summed E-state index contributed by atoms with van der Waals surface area (Å²) >= 11 is 1.27. The molecule has 2 N–H and O–H groups in total. The minimum atomic E-state index is -0.650. The number of hydrazone groups is 1. The van der Waals surface area contributed by atoms with E-state index in [-0.39, 0.29) is 17.6 Å². The second kappa shape index (κ2) is 9.13. The zero-order valence-electron chi connectivity index (χ0n) is 17.2. The van der Waals surface area contributed by atoms with Crippen LogP contribution in [0.3, 0.4) is 0 Å². The first-order valence-electron chi connectivity index (χ1n) is 9.87. The summed E-state index contributed by atoms with van der Waals surface area (Å²) in [5, 5.41) is 7.72. The summed E-state index contributed by atoms with van der Waals surface area (Å²) in [6.07, 6.45) is 3.72. The van der Waals surface area contributed by atoms with Gasteiger partial charge in [-0.25, -0.2) is 0 Å². The highest BCUT2D eigenvalue weighted by atomic mass is 32.2. The van der Waals surface area contributed by atoms with Crippen molar-refractivity contribution in [1.29, 1.82) is 0 Å². The molecular formula is C22H23N5O3S. The molecule has 31 heavy (non-hydrogen) atoms. The van der Waals surface area contributed by atoms with Crippen LogP contribution in [0.4, 0.5) is 11.4 Å². The zero-order chi connectivity index (χ0) is 21.8. The van der Waals surface area contributed by atoms with Crippen LogP contribution in [0.5, 0.6) is 5.75 Å². The topological polar surface area (TPSA) is 86.3 Å². The van der Waals surface area contributed by atoms with Gasteiger partial charge in [0.25, 0.3) is 5.91 Å². The molecule has 2 heterocycles. The molecule has 9 heteroatoms. The quantitative estimate of drug-likeness (QED) is 0.723. The van der Waals surface area contributed by atoms with Crippen molar-refractivity contribution in [2.24, 2.45) is 5.10 Å². The number of methoxy groups -OCH3 is 1. The second-order valence-electron chi connectivity index (χ2n) is 6.93. The third kappa shape index (κ3) is 4.51. The molecule has 0 bridgehead atoms. The normalized spacial score (nSPS) is 17.2. The summed E-state index contributed by atoms with van der Waals surface area (Å²) in [6.45, 7) is 2.07. The molecule has 160 valence electrons. The highest BCUT2D eigenvalue weighted by Gasteiger charge is 2.38. The third-order valence-electron chi connectivity index (χ3n) is 4.91. The molecule has 2 aliphatic heterocycles. The number of ether oxygens (including phenoxy) is 1. The van der Waals surface area contributed by atoms with Crippen molar-refractivity contribution in [3.63, 3.8) is 0 Å². The Hall–Kier alpha value is -3.46. The minimum Gasteiger partial charge on any atom is -0.497 e. The molecule has 4 rings (SSSR count). The maximum absolute atomic E-state index is 13.0. The summed E-state index contributed by atoms with van der Waals surface area (Å²) < 4.78 is 5.24. The summed E-state index contributed by atoms with van der Waals surface area (Å²) in [6, 6.07) is 15.1. The fourth-order valence-corrected chi connectivity index (χ4v) is 4.06. The number of amides is 2. The number of rotatable bonds is 6. The smallest absolute Gasteiger partial charge is 0.276 e. The molecule has 8 nitrogen and oxygen atoms in total. The molecule has 1 atom stereocenters. The van der Waals surface area contributed by atoms with Gasteiger partial charge >= 0.3 is 0 Å².